The zero-order chi connectivity index (χ0) is 18.4. The Morgan fingerprint density at radius 3 is 2.50 bits per heavy atom. The molecule has 0 unspecified atom stereocenters. The van der Waals surface area contributed by atoms with Crippen molar-refractivity contribution in [2.24, 2.45) is 11.1 Å². The summed E-state index contributed by atoms with van der Waals surface area (Å²) in [7, 11) is 0. The lowest BCUT2D eigenvalue weighted by Crippen LogP contribution is -2.20. The predicted molar refractivity (Wildman–Crippen MR) is 105 cm³/mol. The molecule has 136 valence electrons. The minimum Gasteiger partial charge on any atom is -0.326 e. The quantitative estimate of drug-likeness (QED) is 0.642. The highest BCUT2D eigenvalue weighted by atomic mass is 35.5. The second-order valence-corrected chi connectivity index (χ2v) is 7.45. The van der Waals surface area contributed by atoms with Crippen molar-refractivity contribution in [3.05, 3.63) is 69.6 Å². The average molecular weight is 371 g/mol. The van der Waals surface area contributed by atoms with Gasteiger partial charge in [0, 0.05) is 17.1 Å². The molecular weight excluding hydrogens is 348 g/mol. The number of carbonyl (C=O) groups excluding carboxylic acids is 1. The third-order valence-corrected chi connectivity index (χ3v) is 5.37. The molecule has 3 rings (SSSR count). The molecule has 1 amide bonds. The third-order valence-electron chi connectivity index (χ3n) is 5.12. The van der Waals surface area contributed by atoms with E-state index in [0.29, 0.717) is 23.3 Å². The Labute approximate surface area is 158 Å². The summed E-state index contributed by atoms with van der Waals surface area (Å²) in [4.78, 5) is 22.7. The van der Waals surface area contributed by atoms with Gasteiger partial charge < -0.3 is 5.32 Å². The van der Waals surface area contributed by atoms with Crippen molar-refractivity contribution < 1.29 is 4.79 Å². The van der Waals surface area contributed by atoms with Gasteiger partial charge in [0.2, 0.25) is 5.91 Å². The maximum atomic E-state index is 12.2. The largest absolute Gasteiger partial charge is 0.326 e. The molecule has 26 heavy (non-hydrogen) atoms. The Hall–Kier alpha value is -2.20. The number of carbonyl (C=O) groups is 1. The smallest absolute Gasteiger partial charge is 0.224 e. The van der Waals surface area contributed by atoms with Crippen LogP contribution < -0.4 is 5.32 Å². The van der Waals surface area contributed by atoms with Crippen LogP contribution in [0.15, 0.2) is 53.7 Å². The Morgan fingerprint density at radius 1 is 1.08 bits per heavy atom. The van der Waals surface area contributed by atoms with Crippen molar-refractivity contribution in [3.8, 4) is 0 Å². The van der Waals surface area contributed by atoms with E-state index in [9.17, 15) is 9.70 Å². The highest BCUT2D eigenvalue weighted by Gasteiger charge is 2.24. The number of nitrogens with zero attached hydrogens (tertiary/aromatic N) is 1. The summed E-state index contributed by atoms with van der Waals surface area (Å²) in [6.07, 6.45) is 4.82. The van der Waals surface area contributed by atoms with Gasteiger partial charge >= 0.3 is 0 Å². The first-order valence-corrected chi connectivity index (χ1v) is 9.45. The van der Waals surface area contributed by atoms with E-state index in [1.807, 2.05) is 24.3 Å². The van der Waals surface area contributed by atoms with Gasteiger partial charge in [0.1, 0.15) is 6.54 Å². The van der Waals surface area contributed by atoms with Gasteiger partial charge in [0.15, 0.2) is 0 Å². The van der Waals surface area contributed by atoms with Crippen LogP contribution in [0.5, 0.6) is 0 Å². The molecule has 2 aromatic rings. The van der Waals surface area contributed by atoms with Crippen LogP contribution >= 0.6 is 11.6 Å². The minimum absolute atomic E-state index is 0.0647. The normalized spacial score (nSPS) is 19.7. The van der Waals surface area contributed by atoms with Crippen LogP contribution in [-0.4, -0.2) is 5.91 Å². The van der Waals surface area contributed by atoms with Crippen LogP contribution in [0.25, 0.3) is 0 Å². The van der Waals surface area contributed by atoms with Crippen LogP contribution in [-0.2, 0) is 11.3 Å². The van der Waals surface area contributed by atoms with E-state index < -0.39 is 0 Å². The highest BCUT2D eigenvalue weighted by molar-refractivity contribution is 6.30. The van der Waals surface area contributed by atoms with Gasteiger partial charge in [0.05, 0.1) is 0 Å². The lowest BCUT2D eigenvalue weighted by atomic mass is 9.77. The number of nitrogens with one attached hydrogen (secondary N) is 1. The van der Waals surface area contributed by atoms with Gasteiger partial charge in [0.25, 0.3) is 0 Å². The van der Waals surface area contributed by atoms with Crippen LogP contribution in [0.2, 0.25) is 5.02 Å². The van der Waals surface area contributed by atoms with Gasteiger partial charge in [-0.25, -0.2) is 0 Å². The highest BCUT2D eigenvalue weighted by Crippen LogP contribution is 2.37. The Balaban J connectivity index is 1.49. The van der Waals surface area contributed by atoms with Gasteiger partial charge in [-0.1, -0.05) is 41.0 Å². The van der Waals surface area contributed by atoms with E-state index in [0.717, 1.165) is 36.9 Å². The molecule has 0 spiro atoms. The summed E-state index contributed by atoms with van der Waals surface area (Å²) in [6, 6.07) is 15.4. The molecule has 0 atom stereocenters. The second-order valence-electron chi connectivity index (χ2n) is 7.01. The molecule has 1 aliphatic rings. The van der Waals surface area contributed by atoms with E-state index in [1.54, 1.807) is 12.1 Å². The molecule has 2 aromatic carbocycles. The molecule has 0 bridgehead atoms. The lowest BCUT2D eigenvalue weighted by Gasteiger charge is -2.28. The molecule has 1 aliphatic carbocycles. The number of amides is 1. The summed E-state index contributed by atoms with van der Waals surface area (Å²) in [6.45, 7) is 0.230. The number of rotatable bonds is 6. The minimum atomic E-state index is 0.0647. The first-order chi connectivity index (χ1) is 12.6. The third kappa shape index (κ3) is 5.15. The topological polar surface area (TPSA) is 58.5 Å². The summed E-state index contributed by atoms with van der Waals surface area (Å²) in [5.74, 6) is 1.00. The number of hydrogen-bond donors (Lipinski definition) is 1. The zero-order valence-corrected chi connectivity index (χ0v) is 15.4. The maximum absolute atomic E-state index is 12.2. The molecule has 5 heteroatoms. The Morgan fingerprint density at radius 2 is 1.81 bits per heavy atom. The molecule has 0 saturated heterocycles. The van der Waals surface area contributed by atoms with Crippen molar-refractivity contribution in [2.45, 2.75) is 44.6 Å². The first-order valence-electron chi connectivity index (χ1n) is 9.07. The van der Waals surface area contributed by atoms with Crippen molar-refractivity contribution >= 4 is 23.2 Å². The monoisotopic (exact) mass is 370 g/mol. The fourth-order valence-corrected chi connectivity index (χ4v) is 3.85. The fraction of sp³-hybridized carbons (Fsp3) is 0.381. The molecule has 4 nitrogen and oxygen atoms in total. The van der Waals surface area contributed by atoms with Gasteiger partial charge in [-0.15, -0.1) is 0 Å². The SMILES string of the molecule is O=NCc1cccc([C@H]2CC[C@@H](CC(=O)Nc3ccc(Cl)cc3)CC2)c1. The number of benzene rings is 2. The molecule has 0 heterocycles. The summed E-state index contributed by atoms with van der Waals surface area (Å²) in [5, 5.41) is 6.58. The van der Waals surface area contributed by atoms with E-state index in [4.69, 9.17) is 11.6 Å². The molecular formula is C21H23ClN2O2. The molecule has 0 aliphatic heterocycles. The molecule has 1 N–H and O–H groups in total. The molecule has 0 radical (unpaired) electrons. The van der Waals surface area contributed by atoms with E-state index >= 15 is 0 Å². The Bertz CT molecular complexity index is 753. The van der Waals surface area contributed by atoms with E-state index in [2.05, 4.69) is 22.6 Å². The maximum Gasteiger partial charge on any atom is 0.224 e. The number of halogens is 1. The van der Waals surface area contributed by atoms with Gasteiger partial charge in [-0.05, 0) is 72.9 Å². The van der Waals surface area contributed by atoms with Gasteiger partial charge in [-0.3, -0.25) is 4.79 Å². The van der Waals surface area contributed by atoms with Gasteiger partial charge in [-0.2, -0.15) is 4.91 Å². The van der Waals surface area contributed by atoms with E-state index in [1.165, 1.54) is 5.56 Å². The van der Waals surface area contributed by atoms with Crippen molar-refractivity contribution in [1.29, 1.82) is 0 Å². The average Bonchev–Trinajstić information content (AvgIpc) is 2.65. The van der Waals surface area contributed by atoms with Crippen LogP contribution in [0, 0.1) is 10.8 Å². The van der Waals surface area contributed by atoms with Crippen molar-refractivity contribution in [2.75, 3.05) is 5.32 Å². The van der Waals surface area contributed by atoms with E-state index in [-0.39, 0.29) is 12.5 Å². The van der Waals surface area contributed by atoms with Crippen LogP contribution in [0.3, 0.4) is 0 Å². The number of hydrogen-bond acceptors (Lipinski definition) is 3. The lowest BCUT2D eigenvalue weighted by molar-refractivity contribution is -0.117. The summed E-state index contributed by atoms with van der Waals surface area (Å²) < 4.78 is 0. The second kappa shape index (κ2) is 8.95. The first kappa shape index (κ1) is 18.6. The summed E-state index contributed by atoms with van der Waals surface area (Å²) in [5.41, 5.74) is 3.05. The zero-order valence-electron chi connectivity index (χ0n) is 14.7. The molecule has 1 fully saturated rings. The standard InChI is InChI=1S/C21H23ClN2O2/c22-19-8-10-20(11-9-19)24-21(25)13-15-4-6-17(7-5-15)18-3-1-2-16(12-18)14-23-26/h1-3,8-12,15,17H,4-7,13-14H2,(H,24,25)/t15-,17+. The van der Waals surface area contributed by atoms with Crippen molar-refractivity contribution in [1.82, 2.24) is 0 Å². The van der Waals surface area contributed by atoms with Crippen LogP contribution in [0.4, 0.5) is 5.69 Å². The fourth-order valence-electron chi connectivity index (χ4n) is 3.73. The number of anilines is 1. The molecule has 1 saturated carbocycles. The summed E-state index contributed by atoms with van der Waals surface area (Å²) >= 11 is 5.86. The number of nitroso groups, excluding NO2 is 1. The van der Waals surface area contributed by atoms with Crippen LogP contribution in [0.1, 0.15) is 49.1 Å². The predicted octanol–water partition coefficient (Wildman–Crippen LogP) is 5.91. The van der Waals surface area contributed by atoms with Crippen molar-refractivity contribution in [3.63, 3.8) is 0 Å². The Kier molecular flexibility index (Phi) is 6.40. The molecule has 0 aromatic heterocycles.